The highest BCUT2D eigenvalue weighted by Gasteiger charge is 2.29. The maximum atomic E-state index is 12.5. The predicted octanol–water partition coefficient (Wildman–Crippen LogP) is 3.48. The molecule has 1 unspecified atom stereocenters. The summed E-state index contributed by atoms with van der Waals surface area (Å²) in [6.45, 7) is 4.93. The molecule has 1 N–H and O–H groups in total. The van der Waals surface area contributed by atoms with Gasteiger partial charge in [-0.2, -0.15) is 0 Å². The fourth-order valence-electron chi connectivity index (χ4n) is 2.81. The zero-order valence-corrected chi connectivity index (χ0v) is 14.9. The molecule has 0 saturated carbocycles. The van der Waals surface area contributed by atoms with E-state index >= 15 is 0 Å². The van der Waals surface area contributed by atoms with Gasteiger partial charge in [0, 0.05) is 24.3 Å². The Hall–Kier alpha value is -2.37. The number of carbonyl (C=O) groups is 3. The van der Waals surface area contributed by atoms with Crippen molar-refractivity contribution >= 4 is 23.5 Å². The Morgan fingerprint density at radius 2 is 2.12 bits per heavy atom. The van der Waals surface area contributed by atoms with Crippen LogP contribution in [-0.4, -0.2) is 42.4 Å². The average Bonchev–Trinajstić information content (AvgIpc) is 2.62. The summed E-state index contributed by atoms with van der Waals surface area (Å²) in [7, 11) is 0. The molecule has 0 aliphatic carbocycles. The highest BCUT2D eigenvalue weighted by atomic mass is 16.6. The minimum absolute atomic E-state index is 0.0465. The normalized spacial score (nSPS) is 17.0. The standard InChI is InChI=1S/C19H26N2O4/c1-3-4-11-25-19(24)21-10-6-8-16(13-21)18(23)20-17-9-5-7-15(12-17)14(2)22/h5,7,9,12,16H,3-4,6,8,10-11,13H2,1-2H3,(H,20,23). The van der Waals surface area contributed by atoms with Gasteiger partial charge in [0.1, 0.15) is 0 Å². The summed E-state index contributed by atoms with van der Waals surface area (Å²) < 4.78 is 5.23. The molecule has 0 bridgehead atoms. The number of rotatable bonds is 6. The van der Waals surface area contributed by atoms with Gasteiger partial charge in [0.15, 0.2) is 5.78 Å². The van der Waals surface area contributed by atoms with Crippen molar-refractivity contribution in [2.24, 2.45) is 5.92 Å². The minimum atomic E-state index is -0.343. The van der Waals surface area contributed by atoms with Gasteiger partial charge in [0.05, 0.1) is 12.5 Å². The second kappa shape index (κ2) is 9.20. The summed E-state index contributed by atoms with van der Waals surface area (Å²) in [6.07, 6.45) is 2.98. The van der Waals surface area contributed by atoms with Gasteiger partial charge in [-0.05, 0) is 38.3 Å². The molecule has 1 aliphatic heterocycles. The lowest BCUT2D eigenvalue weighted by Crippen LogP contribution is -2.44. The Balaban J connectivity index is 1.92. The fourth-order valence-corrected chi connectivity index (χ4v) is 2.81. The second-order valence-corrected chi connectivity index (χ2v) is 6.38. The van der Waals surface area contributed by atoms with Crippen LogP contribution in [0.2, 0.25) is 0 Å². The van der Waals surface area contributed by atoms with E-state index in [1.165, 1.54) is 6.92 Å². The molecule has 1 fully saturated rings. The monoisotopic (exact) mass is 346 g/mol. The molecule has 2 rings (SSSR count). The zero-order valence-electron chi connectivity index (χ0n) is 14.9. The van der Waals surface area contributed by atoms with E-state index in [0.717, 1.165) is 25.7 Å². The van der Waals surface area contributed by atoms with E-state index in [-0.39, 0.29) is 23.7 Å². The van der Waals surface area contributed by atoms with Crippen molar-refractivity contribution in [1.29, 1.82) is 0 Å². The summed E-state index contributed by atoms with van der Waals surface area (Å²) in [5.41, 5.74) is 1.16. The van der Waals surface area contributed by atoms with Crippen molar-refractivity contribution < 1.29 is 19.1 Å². The van der Waals surface area contributed by atoms with E-state index in [1.807, 2.05) is 6.92 Å². The third-order valence-electron chi connectivity index (χ3n) is 4.31. The number of amides is 2. The SMILES string of the molecule is CCCCOC(=O)N1CCCC(C(=O)Nc2cccc(C(C)=O)c2)C1. The molecular weight excluding hydrogens is 320 g/mol. The summed E-state index contributed by atoms with van der Waals surface area (Å²) in [6, 6.07) is 6.88. The summed E-state index contributed by atoms with van der Waals surface area (Å²) in [5, 5.41) is 2.85. The number of piperidine rings is 1. The van der Waals surface area contributed by atoms with Crippen LogP contribution < -0.4 is 5.32 Å². The van der Waals surface area contributed by atoms with Crippen LogP contribution in [-0.2, 0) is 9.53 Å². The van der Waals surface area contributed by atoms with Crippen LogP contribution in [0.5, 0.6) is 0 Å². The molecule has 1 heterocycles. The van der Waals surface area contributed by atoms with Crippen molar-refractivity contribution in [3.8, 4) is 0 Å². The molecule has 1 atom stereocenters. The molecule has 6 nitrogen and oxygen atoms in total. The Labute approximate surface area is 148 Å². The number of hydrogen-bond donors (Lipinski definition) is 1. The third kappa shape index (κ3) is 5.59. The molecule has 0 aromatic heterocycles. The lowest BCUT2D eigenvalue weighted by Gasteiger charge is -2.31. The first-order valence-corrected chi connectivity index (χ1v) is 8.84. The molecule has 6 heteroatoms. The number of carbonyl (C=O) groups excluding carboxylic acids is 3. The van der Waals surface area contributed by atoms with Crippen LogP contribution in [0.4, 0.5) is 10.5 Å². The molecule has 0 spiro atoms. The van der Waals surface area contributed by atoms with Crippen LogP contribution in [0.15, 0.2) is 24.3 Å². The van der Waals surface area contributed by atoms with E-state index in [0.29, 0.717) is 30.9 Å². The van der Waals surface area contributed by atoms with E-state index in [1.54, 1.807) is 29.2 Å². The lowest BCUT2D eigenvalue weighted by atomic mass is 9.97. The van der Waals surface area contributed by atoms with Gasteiger partial charge in [-0.15, -0.1) is 0 Å². The van der Waals surface area contributed by atoms with Gasteiger partial charge >= 0.3 is 6.09 Å². The zero-order chi connectivity index (χ0) is 18.2. The van der Waals surface area contributed by atoms with Gasteiger partial charge < -0.3 is 15.0 Å². The van der Waals surface area contributed by atoms with Crippen molar-refractivity contribution in [2.45, 2.75) is 39.5 Å². The predicted molar refractivity (Wildman–Crippen MR) is 95.6 cm³/mol. The number of nitrogens with one attached hydrogen (secondary N) is 1. The Bertz CT molecular complexity index is 630. The number of unbranched alkanes of at least 4 members (excludes halogenated alkanes) is 1. The molecule has 25 heavy (non-hydrogen) atoms. The van der Waals surface area contributed by atoms with Crippen LogP contribution in [0, 0.1) is 5.92 Å². The fraction of sp³-hybridized carbons (Fsp3) is 0.526. The first-order chi connectivity index (χ1) is 12.0. The third-order valence-corrected chi connectivity index (χ3v) is 4.31. The molecule has 1 saturated heterocycles. The van der Waals surface area contributed by atoms with Crippen LogP contribution >= 0.6 is 0 Å². The van der Waals surface area contributed by atoms with E-state index < -0.39 is 0 Å². The number of ether oxygens (including phenoxy) is 1. The topological polar surface area (TPSA) is 75.7 Å². The van der Waals surface area contributed by atoms with Crippen molar-refractivity contribution in [1.82, 2.24) is 4.90 Å². The lowest BCUT2D eigenvalue weighted by molar-refractivity contribution is -0.121. The average molecular weight is 346 g/mol. The summed E-state index contributed by atoms with van der Waals surface area (Å²) >= 11 is 0. The number of hydrogen-bond acceptors (Lipinski definition) is 4. The molecule has 136 valence electrons. The number of Topliss-reactive ketones (excluding diaryl/α,β-unsaturated/α-hetero) is 1. The van der Waals surface area contributed by atoms with Gasteiger partial charge in [0.2, 0.25) is 5.91 Å². The van der Waals surface area contributed by atoms with Gasteiger partial charge in [-0.3, -0.25) is 9.59 Å². The molecule has 1 aromatic rings. The maximum absolute atomic E-state index is 12.5. The van der Waals surface area contributed by atoms with Crippen LogP contribution in [0.25, 0.3) is 0 Å². The number of benzene rings is 1. The first-order valence-electron chi connectivity index (χ1n) is 8.84. The van der Waals surface area contributed by atoms with E-state index in [9.17, 15) is 14.4 Å². The van der Waals surface area contributed by atoms with Crippen molar-refractivity contribution in [2.75, 3.05) is 25.0 Å². The van der Waals surface area contributed by atoms with E-state index in [2.05, 4.69) is 5.32 Å². The number of ketones is 1. The van der Waals surface area contributed by atoms with Gasteiger partial charge in [-0.1, -0.05) is 25.5 Å². The molecule has 1 aliphatic rings. The first kappa shape index (κ1) is 19.0. The minimum Gasteiger partial charge on any atom is -0.449 e. The molecular formula is C19H26N2O4. The van der Waals surface area contributed by atoms with Gasteiger partial charge in [0.25, 0.3) is 0 Å². The van der Waals surface area contributed by atoms with Crippen molar-refractivity contribution in [3.63, 3.8) is 0 Å². The van der Waals surface area contributed by atoms with E-state index in [4.69, 9.17) is 4.74 Å². The largest absolute Gasteiger partial charge is 0.449 e. The Morgan fingerprint density at radius 1 is 1.32 bits per heavy atom. The van der Waals surface area contributed by atoms with Crippen molar-refractivity contribution in [3.05, 3.63) is 29.8 Å². The highest BCUT2D eigenvalue weighted by Crippen LogP contribution is 2.20. The molecule has 1 aromatic carbocycles. The quantitative estimate of drug-likeness (QED) is 0.632. The molecule has 2 amide bonds. The second-order valence-electron chi connectivity index (χ2n) is 6.38. The van der Waals surface area contributed by atoms with Gasteiger partial charge in [-0.25, -0.2) is 4.79 Å². The summed E-state index contributed by atoms with van der Waals surface area (Å²) in [5.74, 6) is -0.449. The maximum Gasteiger partial charge on any atom is 0.409 e. The smallest absolute Gasteiger partial charge is 0.409 e. The number of likely N-dealkylation sites (tertiary alicyclic amines) is 1. The van der Waals surface area contributed by atoms with Crippen LogP contribution in [0.3, 0.4) is 0 Å². The number of nitrogens with zero attached hydrogens (tertiary/aromatic N) is 1. The highest BCUT2D eigenvalue weighted by molar-refractivity contribution is 5.97. The molecule has 0 radical (unpaired) electrons. The summed E-state index contributed by atoms with van der Waals surface area (Å²) in [4.78, 5) is 37.6. The van der Waals surface area contributed by atoms with Crippen LogP contribution in [0.1, 0.15) is 49.9 Å². The Kier molecular flexibility index (Phi) is 6.98. The number of anilines is 1. The Morgan fingerprint density at radius 3 is 2.84 bits per heavy atom.